The third-order valence-electron chi connectivity index (χ3n) is 6.31. The van der Waals surface area contributed by atoms with Gasteiger partial charge in [-0.15, -0.1) is 0 Å². The molecule has 0 saturated heterocycles. The van der Waals surface area contributed by atoms with E-state index in [4.69, 9.17) is 14.2 Å². The van der Waals surface area contributed by atoms with Gasteiger partial charge in [0.2, 0.25) is 0 Å². The van der Waals surface area contributed by atoms with Crippen LogP contribution in [-0.4, -0.2) is 36.8 Å². The van der Waals surface area contributed by atoms with E-state index < -0.39 is 31.2 Å². The Hall–Kier alpha value is -3.76. The van der Waals surface area contributed by atoms with Gasteiger partial charge in [0, 0.05) is 49.2 Å². The lowest BCUT2D eigenvalue weighted by Gasteiger charge is -2.16. The normalized spacial score (nSPS) is 11.7. The van der Waals surface area contributed by atoms with E-state index in [-0.39, 0.29) is 30.5 Å². The molecule has 0 amide bonds. The molecular formula is C29H32F2N2O5Si. The van der Waals surface area contributed by atoms with E-state index in [9.17, 15) is 18.4 Å². The van der Waals surface area contributed by atoms with E-state index >= 15 is 0 Å². The van der Waals surface area contributed by atoms with E-state index in [1.54, 1.807) is 37.4 Å². The van der Waals surface area contributed by atoms with Gasteiger partial charge in [-0.05, 0) is 38.1 Å². The molecule has 0 aliphatic carbocycles. The van der Waals surface area contributed by atoms with Crippen molar-refractivity contribution in [2.45, 2.75) is 46.3 Å². The number of hydrogen-bond acceptors (Lipinski definition) is 5. The molecule has 0 radical (unpaired) electrons. The summed E-state index contributed by atoms with van der Waals surface area (Å²) in [4.78, 5) is 28.9. The molecule has 0 aliphatic heterocycles. The second-order valence-electron chi connectivity index (χ2n) is 10.4. The summed E-state index contributed by atoms with van der Waals surface area (Å²) in [6, 6.07) is 10.7. The minimum atomic E-state index is -1.28. The molecule has 2 heterocycles. The minimum Gasteiger partial charge on any atom is -0.461 e. The van der Waals surface area contributed by atoms with Crippen LogP contribution in [0.4, 0.5) is 8.78 Å². The summed E-state index contributed by atoms with van der Waals surface area (Å²) in [5, 5.41) is 0.873. The first-order valence-corrected chi connectivity index (χ1v) is 16.4. The number of para-hydroxylation sites is 1. The van der Waals surface area contributed by atoms with Gasteiger partial charge in [-0.1, -0.05) is 37.8 Å². The Morgan fingerprint density at radius 1 is 1.08 bits per heavy atom. The Bertz CT molecular complexity index is 1570. The zero-order valence-corrected chi connectivity index (χ0v) is 23.7. The molecule has 206 valence electrons. The lowest BCUT2D eigenvalue weighted by molar-refractivity contribution is 0.0520. The van der Waals surface area contributed by atoms with E-state index in [1.165, 1.54) is 6.07 Å². The fourth-order valence-corrected chi connectivity index (χ4v) is 5.01. The number of nitrogens with one attached hydrogen (secondary N) is 1. The van der Waals surface area contributed by atoms with Gasteiger partial charge < -0.3 is 23.8 Å². The fourth-order valence-electron chi connectivity index (χ4n) is 4.26. The lowest BCUT2D eigenvalue weighted by Crippen LogP contribution is -2.22. The lowest BCUT2D eigenvalue weighted by atomic mass is 9.98. The monoisotopic (exact) mass is 554 g/mol. The van der Waals surface area contributed by atoms with Gasteiger partial charge >= 0.3 is 5.97 Å². The van der Waals surface area contributed by atoms with Crippen LogP contribution < -0.4 is 10.3 Å². The summed E-state index contributed by atoms with van der Waals surface area (Å²) in [6.45, 7) is 11.2. The van der Waals surface area contributed by atoms with Crippen LogP contribution in [0.25, 0.3) is 21.9 Å². The number of carbonyl (C=O) groups excluding carboxylic acids is 1. The zero-order chi connectivity index (χ0) is 28.3. The number of aromatic nitrogens is 2. The molecule has 0 spiro atoms. The van der Waals surface area contributed by atoms with Crippen LogP contribution >= 0.6 is 0 Å². The Morgan fingerprint density at radius 2 is 1.82 bits per heavy atom. The number of aromatic amines is 1. The van der Waals surface area contributed by atoms with Crippen molar-refractivity contribution in [3.8, 4) is 22.6 Å². The molecule has 0 fully saturated rings. The van der Waals surface area contributed by atoms with E-state index in [0.717, 1.165) is 18.2 Å². The van der Waals surface area contributed by atoms with Crippen molar-refractivity contribution in [3.05, 3.63) is 82.0 Å². The highest BCUT2D eigenvalue weighted by atomic mass is 28.3. The molecule has 4 rings (SSSR count). The van der Waals surface area contributed by atoms with Crippen molar-refractivity contribution in [1.82, 2.24) is 9.55 Å². The van der Waals surface area contributed by atoms with Gasteiger partial charge in [0.1, 0.15) is 24.0 Å². The quantitative estimate of drug-likeness (QED) is 0.132. The molecule has 4 aromatic rings. The summed E-state index contributed by atoms with van der Waals surface area (Å²) < 4.78 is 46.8. The zero-order valence-electron chi connectivity index (χ0n) is 22.7. The Kier molecular flexibility index (Phi) is 8.36. The van der Waals surface area contributed by atoms with Crippen molar-refractivity contribution in [2.75, 3.05) is 13.2 Å². The Morgan fingerprint density at radius 3 is 2.51 bits per heavy atom. The van der Waals surface area contributed by atoms with E-state index in [0.29, 0.717) is 34.2 Å². The maximum Gasteiger partial charge on any atom is 0.355 e. The van der Waals surface area contributed by atoms with Gasteiger partial charge in [0.25, 0.3) is 5.56 Å². The van der Waals surface area contributed by atoms with Gasteiger partial charge in [-0.3, -0.25) is 4.79 Å². The molecule has 0 saturated carbocycles. The molecule has 39 heavy (non-hydrogen) atoms. The summed E-state index contributed by atoms with van der Waals surface area (Å²) >= 11 is 0. The molecule has 2 aromatic carbocycles. The number of H-pyrrole nitrogens is 1. The molecule has 10 heteroatoms. The number of halogens is 2. The number of pyridine rings is 1. The van der Waals surface area contributed by atoms with Gasteiger partial charge in [-0.25, -0.2) is 13.6 Å². The predicted molar refractivity (Wildman–Crippen MR) is 149 cm³/mol. The van der Waals surface area contributed by atoms with Crippen LogP contribution in [0.2, 0.25) is 25.7 Å². The number of benzene rings is 2. The average Bonchev–Trinajstić information content (AvgIpc) is 3.20. The molecule has 1 N–H and O–H groups in total. The molecule has 7 nitrogen and oxygen atoms in total. The van der Waals surface area contributed by atoms with Crippen LogP contribution in [0.1, 0.15) is 23.1 Å². The molecule has 0 unspecified atom stereocenters. The topological polar surface area (TPSA) is 82.6 Å². The SMILES string of the molecule is CCOC(=O)c1[nH]c(=O)c2c(C)n(COCC[Si](C)(C)C)cc2c1-c1ccccc1Oc1ccc(F)cc1F. The molecule has 0 atom stereocenters. The number of aryl methyl sites for hydroxylation is 1. The second-order valence-corrected chi connectivity index (χ2v) is 16.0. The first kappa shape index (κ1) is 28.3. The van der Waals surface area contributed by atoms with Crippen molar-refractivity contribution < 1.29 is 27.8 Å². The largest absolute Gasteiger partial charge is 0.461 e. The maximum atomic E-state index is 14.5. The van der Waals surface area contributed by atoms with Crippen molar-refractivity contribution >= 4 is 24.8 Å². The summed E-state index contributed by atoms with van der Waals surface area (Å²) in [6.07, 6.45) is 1.77. The van der Waals surface area contributed by atoms with E-state index in [1.807, 2.05) is 11.5 Å². The van der Waals surface area contributed by atoms with Crippen LogP contribution in [-0.2, 0) is 16.2 Å². The highest BCUT2D eigenvalue weighted by molar-refractivity contribution is 6.76. The second kappa shape index (κ2) is 11.5. The number of ether oxygens (including phenoxy) is 3. The minimum absolute atomic E-state index is 0.0539. The fraction of sp³-hybridized carbons (Fsp3) is 0.310. The van der Waals surface area contributed by atoms with Crippen molar-refractivity contribution in [3.63, 3.8) is 0 Å². The van der Waals surface area contributed by atoms with Crippen molar-refractivity contribution in [1.29, 1.82) is 0 Å². The van der Waals surface area contributed by atoms with Crippen molar-refractivity contribution in [2.24, 2.45) is 0 Å². The predicted octanol–water partition coefficient (Wildman–Crippen LogP) is 6.86. The third kappa shape index (κ3) is 6.29. The smallest absolute Gasteiger partial charge is 0.355 e. The third-order valence-corrected chi connectivity index (χ3v) is 8.01. The number of carbonyl (C=O) groups is 1. The standard InChI is InChI=1S/C29H32F2N2O5Si/c1-6-37-29(35)27-26(20-9-7-8-10-23(20)38-24-12-11-19(30)15-22(24)31)21-16-33(17-36-13-14-39(3,4)5)18(2)25(21)28(34)32-27/h7-12,15-16H,6,13-14,17H2,1-5H3,(H,32,34). The van der Waals surface area contributed by atoms with Crippen LogP contribution in [0.5, 0.6) is 11.5 Å². The first-order chi connectivity index (χ1) is 18.5. The summed E-state index contributed by atoms with van der Waals surface area (Å²) in [5.41, 5.74) is 0.950. The molecule has 0 aliphatic rings. The number of nitrogens with zero attached hydrogens (tertiary/aromatic N) is 1. The van der Waals surface area contributed by atoms with Crippen LogP contribution in [0.15, 0.2) is 53.5 Å². The number of hydrogen-bond donors (Lipinski definition) is 1. The Labute approximate surface area is 226 Å². The molecule has 2 aromatic heterocycles. The number of rotatable bonds is 10. The number of esters is 1. The van der Waals surface area contributed by atoms with Crippen LogP contribution in [0, 0.1) is 18.6 Å². The molecule has 0 bridgehead atoms. The molecular weight excluding hydrogens is 522 g/mol. The first-order valence-electron chi connectivity index (χ1n) is 12.7. The highest BCUT2D eigenvalue weighted by Crippen LogP contribution is 2.40. The maximum absolute atomic E-state index is 14.5. The van der Waals surface area contributed by atoms with Gasteiger partial charge in [-0.2, -0.15) is 0 Å². The Balaban J connectivity index is 1.87. The summed E-state index contributed by atoms with van der Waals surface area (Å²) in [5.74, 6) is -2.31. The van der Waals surface area contributed by atoms with Gasteiger partial charge in [0.05, 0.1) is 12.0 Å². The van der Waals surface area contributed by atoms with Crippen LogP contribution in [0.3, 0.4) is 0 Å². The van der Waals surface area contributed by atoms with E-state index in [2.05, 4.69) is 24.6 Å². The van der Waals surface area contributed by atoms with Gasteiger partial charge in [0.15, 0.2) is 11.6 Å². The number of fused-ring (bicyclic) bond motifs is 1. The average molecular weight is 555 g/mol. The summed E-state index contributed by atoms with van der Waals surface area (Å²) in [7, 11) is -1.28. The highest BCUT2D eigenvalue weighted by Gasteiger charge is 2.25.